The molecule has 0 aliphatic rings. The normalized spacial score (nSPS) is 11.9. The Morgan fingerprint density at radius 3 is 2.13 bits per heavy atom. The van der Waals surface area contributed by atoms with Crippen molar-refractivity contribution in [1.29, 1.82) is 0 Å². The fourth-order valence-corrected chi connectivity index (χ4v) is 2.47. The van der Waals surface area contributed by atoms with E-state index in [4.69, 9.17) is 14.2 Å². The van der Waals surface area contributed by atoms with E-state index in [2.05, 4.69) is 18.1 Å². The largest absolute Gasteiger partial charge is 0.493 e. The minimum Gasteiger partial charge on any atom is -0.493 e. The van der Waals surface area contributed by atoms with Crippen LogP contribution in [-0.2, 0) is 0 Å². The second-order valence-electron chi connectivity index (χ2n) is 5.06. The zero-order chi connectivity index (χ0) is 17.2. The molecule has 0 spiro atoms. The van der Waals surface area contributed by atoms with Crippen LogP contribution >= 0.6 is 0 Å². The highest BCUT2D eigenvalue weighted by molar-refractivity contribution is 5.56. The average Bonchev–Trinajstić information content (AvgIpc) is 2.58. The Balaban J connectivity index is 2.92. The van der Waals surface area contributed by atoms with Crippen LogP contribution in [0.2, 0.25) is 0 Å². The molecule has 5 nitrogen and oxygen atoms in total. The Kier molecular flexibility index (Phi) is 8.22. The number of benzene rings is 1. The van der Waals surface area contributed by atoms with Crippen molar-refractivity contribution in [2.24, 2.45) is 0 Å². The summed E-state index contributed by atoms with van der Waals surface area (Å²) < 4.78 is 16.0. The van der Waals surface area contributed by atoms with Crippen LogP contribution in [0.5, 0.6) is 17.2 Å². The lowest BCUT2D eigenvalue weighted by atomic mass is 10.0. The van der Waals surface area contributed by atoms with Gasteiger partial charge in [0.25, 0.3) is 0 Å². The van der Waals surface area contributed by atoms with E-state index in [0.29, 0.717) is 29.2 Å². The SMILES string of the molecule is C=CCN(CC=C)CCC(O)c1ccc(OC)c(OC)c1OC. The highest BCUT2D eigenvalue weighted by Gasteiger charge is 2.21. The lowest BCUT2D eigenvalue weighted by Crippen LogP contribution is -2.26. The Labute approximate surface area is 138 Å². The van der Waals surface area contributed by atoms with E-state index < -0.39 is 6.10 Å². The van der Waals surface area contributed by atoms with E-state index in [1.54, 1.807) is 33.5 Å². The third-order valence-corrected chi connectivity index (χ3v) is 3.59. The molecule has 0 saturated carbocycles. The molecule has 1 aromatic carbocycles. The fourth-order valence-electron chi connectivity index (χ4n) is 2.47. The predicted octanol–water partition coefficient (Wildman–Crippen LogP) is 2.81. The highest BCUT2D eigenvalue weighted by atomic mass is 16.5. The highest BCUT2D eigenvalue weighted by Crippen LogP contribution is 2.42. The minimum absolute atomic E-state index is 0.487. The third kappa shape index (κ3) is 5.01. The Morgan fingerprint density at radius 2 is 1.65 bits per heavy atom. The average molecular weight is 321 g/mol. The molecule has 1 unspecified atom stereocenters. The minimum atomic E-state index is -0.665. The Hall–Kier alpha value is -1.98. The summed E-state index contributed by atoms with van der Waals surface area (Å²) in [6.45, 7) is 9.72. The van der Waals surface area contributed by atoms with Crippen molar-refractivity contribution < 1.29 is 19.3 Å². The van der Waals surface area contributed by atoms with E-state index in [-0.39, 0.29) is 0 Å². The van der Waals surface area contributed by atoms with Gasteiger partial charge in [0, 0.05) is 25.2 Å². The van der Waals surface area contributed by atoms with Gasteiger partial charge in [0.2, 0.25) is 5.75 Å². The first-order valence-corrected chi connectivity index (χ1v) is 7.53. The molecule has 23 heavy (non-hydrogen) atoms. The van der Waals surface area contributed by atoms with Crippen molar-refractivity contribution in [3.63, 3.8) is 0 Å². The summed E-state index contributed by atoms with van der Waals surface area (Å²) >= 11 is 0. The fraction of sp³-hybridized carbons (Fsp3) is 0.444. The van der Waals surface area contributed by atoms with Crippen molar-refractivity contribution >= 4 is 0 Å². The van der Waals surface area contributed by atoms with Gasteiger partial charge in [-0.25, -0.2) is 0 Å². The van der Waals surface area contributed by atoms with Gasteiger partial charge in [-0.2, -0.15) is 0 Å². The van der Waals surface area contributed by atoms with Crippen LogP contribution in [0, 0.1) is 0 Å². The van der Waals surface area contributed by atoms with Gasteiger partial charge >= 0.3 is 0 Å². The Morgan fingerprint density at radius 1 is 1.04 bits per heavy atom. The molecule has 0 aromatic heterocycles. The number of ether oxygens (including phenoxy) is 3. The van der Waals surface area contributed by atoms with Gasteiger partial charge in [-0.15, -0.1) is 13.2 Å². The van der Waals surface area contributed by atoms with Gasteiger partial charge in [0.1, 0.15) is 0 Å². The molecule has 0 saturated heterocycles. The number of aliphatic hydroxyl groups excluding tert-OH is 1. The zero-order valence-corrected chi connectivity index (χ0v) is 14.2. The number of nitrogens with zero attached hydrogens (tertiary/aromatic N) is 1. The van der Waals surface area contributed by atoms with Crippen molar-refractivity contribution in [1.82, 2.24) is 4.90 Å². The maximum Gasteiger partial charge on any atom is 0.203 e. The first kappa shape index (κ1) is 19.1. The molecule has 1 rings (SSSR count). The van der Waals surface area contributed by atoms with Gasteiger partial charge in [0.05, 0.1) is 27.4 Å². The van der Waals surface area contributed by atoms with Crippen LogP contribution in [0.25, 0.3) is 0 Å². The zero-order valence-electron chi connectivity index (χ0n) is 14.2. The summed E-state index contributed by atoms with van der Waals surface area (Å²) in [5, 5.41) is 10.5. The standard InChI is InChI=1S/C18H27NO4/c1-6-11-19(12-7-2)13-10-15(20)14-8-9-16(21-3)18(23-5)17(14)22-4/h6-9,15,20H,1-2,10-13H2,3-5H3. The number of rotatable bonds is 11. The van der Waals surface area contributed by atoms with Crippen LogP contribution in [0.1, 0.15) is 18.1 Å². The molecule has 0 heterocycles. The topological polar surface area (TPSA) is 51.2 Å². The number of hydrogen-bond donors (Lipinski definition) is 1. The lowest BCUT2D eigenvalue weighted by Gasteiger charge is -2.22. The number of aliphatic hydroxyl groups is 1. The lowest BCUT2D eigenvalue weighted by molar-refractivity contribution is 0.144. The molecule has 5 heteroatoms. The van der Waals surface area contributed by atoms with Crippen molar-refractivity contribution in [2.45, 2.75) is 12.5 Å². The first-order chi connectivity index (χ1) is 11.1. The molecular weight excluding hydrogens is 294 g/mol. The summed E-state index contributed by atoms with van der Waals surface area (Å²) in [4.78, 5) is 2.15. The summed E-state index contributed by atoms with van der Waals surface area (Å²) in [6, 6.07) is 3.57. The summed E-state index contributed by atoms with van der Waals surface area (Å²) in [5.74, 6) is 1.55. The van der Waals surface area contributed by atoms with E-state index in [1.807, 2.05) is 12.2 Å². The van der Waals surface area contributed by atoms with Crippen LogP contribution in [0.4, 0.5) is 0 Å². The molecule has 0 amide bonds. The van der Waals surface area contributed by atoms with Gasteiger partial charge in [-0.05, 0) is 18.6 Å². The molecule has 0 radical (unpaired) electrons. The summed E-state index contributed by atoms with van der Waals surface area (Å²) in [5.41, 5.74) is 0.683. The van der Waals surface area contributed by atoms with E-state index >= 15 is 0 Å². The third-order valence-electron chi connectivity index (χ3n) is 3.59. The molecule has 1 aromatic rings. The van der Waals surface area contributed by atoms with Crippen LogP contribution in [0.15, 0.2) is 37.4 Å². The summed E-state index contributed by atoms with van der Waals surface area (Å²) in [7, 11) is 4.66. The van der Waals surface area contributed by atoms with Gasteiger partial charge in [-0.1, -0.05) is 12.2 Å². The van der Waals surface area contributed by atoms with E-state index in [1.165, 1.54) is 0 Å². The Bertz CT molecular complexity index is 506. The maximum atomic E-state index is 10.5. The van der Waals surface area contributed by atoms with Crippen molar-refractivity contribution in [2.75, 3.05) is 41.0 Å². The monoisotopic (exact) mass is 321 g/mol. The van der Waals surface area contributed by atoms with Gasteiger partial charge in [-0.3, -0.25) is 4.90 Å². The molecule has 1 atom stereocenters. The molecule has 0 aliphatic heterocycles. The van der Waals surface area contributed by atoms with Crippen molar-refractivity contribution in [3.05, 3.63) is 43.0 Å². The predicted molar refractivity (Wildman–Crippen MR) is 92.5 cm³/mol. The number of hydrogen-bond acceptors (Lipinski definition) is 5. The quantitative estimate of drug-likeness (QED) is 0.635. The van der Waals surface area contributed by atoms with Gasteiger partial charge < -0.3 is 19.3 Å². The van der Waals surface area contributed by atoms with Gasteiger partial charge in [0.15, 0.2) is 11.5 Å². The molecule has 0 aliphatic carbocycles. The maximum absolute atomic E-state index is 10.5. The van der Waals surface area contributed by atoms with Crippen LogP contribution < -0.4 is 14.2 Å². The molecule has 128 valence electrons. The molecule has 1 N–H and O–H groups in total. The van der Waals surface area contributed by atoms with Crippen molar-refractivity contribution in [3.8, 4) is 17.2 Å². The smallest absolute Gasteiger partial charge is 0.203 e. The molecular formula is C18H27NO4. The van der Waals surface area contributed by atoms with E-state index in [0.717, 1.165) is 19.6 Å². The summed E-state index contributed by atoms with van der Waals surface area (Å²) in [6.07, 6.45) is 3.58. The second kappa shape index (κ2) is 9.92. The second-order valence-corrected chi connectivity index (χ2v) is 5.06. The van der Waals surface area contributed by atoms with Crippen LogP contribution in [0.3, 0.4) is 0 Å². The van der Waals surface area contributed by atoms with Crippen LogP contribution in [-0.4, -0.2) is 51.0 Å². The van der Waals surface area contributed by atoms with E-state index in [9.17, 15) is 5.11 Å². The molecule has 0 fully saturated rings. The molecule has 0 bridgehead atoms. The number of methoxy groups -OCH3 is 3. The first-order valence-electron chi connectivity index (χ1n) is 7.53.